The van der Waals surface area contributed by atoms with Crippen LogP contribution in [0.25, 0.3) is 0 Å². The first-order chi connectivity index (χ1) is 7.18. The molecule has 1 unspecified atom stereocenters. The van der Waals surface area contributed by atoms with E-state index in [1.165, 1.54) is 0 Å². The molecule has 0 fully saturated rings. The maximum absolute atomic E-state index is 10.1. The van der Waals surface area contributed by atoms with Gasteiger partial charge in [-0.3, -0.25) is 9.67 Å². The van der Waals surface area contributed by atoms with Gasteiger partial charge in [-0.25, -0.2) is 0 Å². The van der Waals surface area contributed by atoms with Gasteiger partial charge in [0.1, 0.15) is 6.10 Å². The fraction of sp³-hybridized carbons (Fsp3) is 0.273. The van der Waals surface area contributed by atoms with E-state index in [4.69, 9.17) is 0 Å². The van der Waals surface area contributed by atoms with Crippen LogP contribution in [0.15, 0.2) is 30.5 Å². The monoisotopic (exact) mass is 203 g/mol. The van der Waals surface area contributed by atoms with Crippen molar-refractivity contribution in [3.05, 3.63) is 47.5 Å². The molecular formula is C11H13N3O. The summed E-state index contributed by atoms with van der Waals surface area (Å²) in [6, 6.07) is 7.38. The first kappa shape index (κ1) is 9.86. The highest BCUT2D eigenvalue weighted by Gasteiger charge is 2.14. The second-order valence-electron chi connectivity index (χ2n) is 3.49. The number of hydrogen-bond donors (Lipinski definition) is 1. The summed E-state index contributed by atoms with van der Waals surface area (Å²) in [5, 5.41) is 14.1. The number of aromatic nitrogens is 3. The molecule has 2 heterocycles. The average molecular weight is 203 g/mol. The molecular weight excluding hydrogens is 190 g/mol. The van der Waals surface area contributed by atoms with Crippen LogP contribution in [0.1, 0.15) is 23.2 Å². The number of aliphatic hydroxyl groups is 1. The van der Waals surface area contributed by atoms with Gasteiger partial charge in [0.2, 0.25) is 0 Å². The smallest absolute Gasteiger partial charge is 0.137 e. The van der Waals surface area contributed by atoms with E-state index in [1.807, 2.05) is 25.1 Å². The third-order valence-corrected chi connectivity index (χ3v) is 2.33. The molecule has 4 heteroatoms. The molecule has 0 aliphatic rings. The molecule has 0 aliphatic heterocycles. The minimum Gasteiger partial charge on any atom is -0.380 e. The summed E-state index contributed by atoms with van der Waals surface area (Å²) >= 11 is 0. The summed E-state index contributed by atoms with van der Waals surface area (Å²) in [5.74, 6) is 0. The number of aryl methyl sites for hydroxylation is 2. The van der Waals surface area contributed by atoms with Crippen molar-refractivity contribution in [2.75, 3.05) is 0 Å². The van der Waals surface area contributed by atoms with Crippen molar-refractivity contribution in [3.8, 4) is 0 Å². The Balaban J connectivity index is 2.36. The van der Waals surface area contributed by atoms with Crippen molar-refractivity contribution < 1.29 is 5.11 Å². The van der Waals surface area contributed by atoms with Gasteiger partial charge in [-0.05, 0) is 25.1 Å². The van der Waals surface area contributed by atoms with Gasteiger partial charge < -0.3 is 5.11 Å². The summed E-state index contributed by atoms with van der Waals surface area (Å²) in [4.78, 5) is 4.28. The van der Waals surface area contributed by atoms with E-state index in [1.54, 1.807) is 24.0 Å². The Morgan fingerprint density at radius 3 is 2.73 bits per heavy atom. The molecule has 0 saturated carbocycles. The van der Waals surface area contributed by atoms with Gasteiger partial charge in [-0.15, -0.1) is 0 Å². The molecule has 0 radical (unpaired) electrons. The zero-order chi connectivity index (χ0) is 10.8. The Morgan fingerprint density at radius 2 is 2.13 bits per heavy atom. The zero-order valence-electron chi connectivity index (χ0n) is 8.75. The van der Waals surface area contributed by atoms with Crippen LogP contribution < -0.4 is 0 Å². The van der Waals surface area contributed by atoms with Gasteiger partial charge >= 0.3 is 0 Å². The van der Waals surface area contributed by atoms with Gasteiger partial charge in [0.05, 0.1) is 11.4 Å². The second-order valence-corrected chi connectivity index (χ2v) is 3.49. The first-order valence-corrected chi connectivity index (χ1v) is 4.78. The molecule has 78 valence electrons. The van der Waals surface area contributed by atoms with E-state index in [2.05, 4.69) is 10.1 Å². The zero-order valence-corrected chi connectivity index (χ0v) is 8.75. The van der Waals surface area contributed by atoms with Gasteiger partial charge in [-0.1, -0.05) is 6.07 Å². The predicted molar refractivity (Wildman–Crippen MR) is 56.2 cm³/mol. The molecule has 15 heavy (non-hydrogen) atoms. The summed E-state index contributed by atoms with van der Waals surface area (Å²) in [5.41, 5.74) is 2.29. The Bertz CT molecular complexity index is 464. The Kier molecular flexibility index (Phi) is 2.51. The quantitative estimate of drug-likeness (QED) is 0.798. The SMILES string of the molecule is Cc1cccc(C(O)c2ccnn2C)n1. The molecule has 0 saturated heterocycles. The van der Waals surface area contributed by atoms with Crippen LogP contribution in [0.3, 0.4) is 0 Å². The van der Waals surface area contributed by atoms with E-state index in [0.717, 1.165) is 11.4 Å². The summed E-state index contributed by atoms with van der Waals surface area (Å²) < 4.78 is 1.65. The van der Waals surface area contributed by atoms with Crippen molar-refractivity contribution in [2.45, 2.75) is 13.0 Å². The van der Waals surface area contributed by atoms with Gasteiger partial charge in [-0.2, -0.15) is 5.10 Å². The Hall–Kier alpha value is -1.68. The Morgan fingerprint density at radius 1 is 1.33 bits per heavy atom. The van der Waals surface area contributed by atoms with Crippen molar-refractivity contribution in [2.24, 2.45) is 7.05 Å². The molecule has 2 aromatic rings. The summed E-state index contributed by atoms with van der Waals surface area (Å²) in [7, 11) is 1.80. The molecule has 0 bridgehead atoms. The third kappa shape index (κ3) is 1.89. The van der Waals surface area contributed by atoms with Crippen LogP contribution in [0.4, 0.5) is 0 Å². The summed E-state index contributed by atoms with van der Waals surface area (Å²) in [6.07, 6.45) is 0.950. The number of aliphatic hydroxyl groups excluding tert-OH is 1. The van der Waals surface area contributed by atoms with Crippen LogP contribution in [0.2, 0.25) is 0 Å². The minimum absolute atomic E-state index is 0.651. The van der Waals surface area contributed by atoms with Crippen molar-refractivity contribution in [1.82, 2.24) is 14.8 Å². The normalized spacial score (nSPS) is 12.7. The lowest BCUT2D eigenvalue weighted by molar-refractivity contribution is 0.204. The fourth-order valence-electron chi connectivity index (χ4n) is 1.52. The van der Waals surface area contributed by atoms with E-state index < -0.39 is 6.10 Å². The molecule has 2 aromatic heterocycles. The topological polar surface area (TPSA) is 50.9 Å². The van der Waals surface area contributed by atoms with Crippen LogP contribution in [0, 0.1) is 6.92 Å². The molecule has 2 rings (SSSR count). The first-order valence-electron chi connectivity index (χ1n) is 4.78. The fourth-order valence-corrected chi connectivity index (χ4v) is 1.52. The van der Waals surface area contributed by atoms with Gasteiger partial charge in [0.25, 0.3) is 0 Å². The lowest BCUT2D eigenvalue weighted by Gasteiger charge is -2.10. The standard InChI is InChI=1S/C11H13N3O/c1-8-4-3-5-9(13-8)11(15)10-6-7-12-14(10)2/h3-7,11,15H,1-2H3. The molecule has 1 atom stereocenters. The average Bonchev–Trinajstić information content (AvgIpc) is 2.63. The maximum Gasteiger partial charge on any atom is 0.137 e. The highest BCUT2D eigenvalue weighted by atomic mass is 16.3. The van der Waals surface area contributed by atoms with Crippen LogP contribution in [-0.2, 0) is 7.05 Å². The highest BCUT2D eigenvalue weighted by Crippen LogP contribution is 2.18. The minimum atomic E-state index is -0.711. The van der Waals surface area contributed by atoms with E-state index in [0.29, 0.717) is 5.69 Å². The van der Waals surface area contributed by atoms with Crippen molar-refractivity contribution >= 4 is 0 Å². The number of rotatable bonds is 2. The predicted octanol–water partition coefficient (Wildman–Crippen LogP) is 1.21. The van der Waals surface area contributed by atoms with Gasteiger partial charge in [0.15, 0.2) is 0 Å². The Labute approximate surface area is 88.2 Å². The van der Waals surface area contributed by atoms with Crippen molar-refractivity contribution in [1.29, 1.82) is 0 Å². The molecule has 0 amide bonds. The summed E-state index contributed by atoms with van der Waals surface area (Å²) in [6.45, 7) is 1.90. The largest absolute Gasteiger partial charge is 0.380 e. The number of nitrogens with zero attached hydrogens (tertiary/aromatic N) is 3. The lowest BCUT2D eigenvalue weighted by Crippen LogP contribution is -2.08. The molecule has 4 nitrogen and oxygen atoms in total. The number of pyridine rings is 1. The van der Waals surface area contributed by atoms with Crippen LogP contribution in [-0.4, -0.2) is 19.9 Å². The highest BCUT2D eigenvalue weighted by molar-refractivity contribution is 5.20. The molecule has 0 aliphatic carbocycles. The molecule has 0 aromatic carbocycles. The van der Waals surface area contributed by atoms with E-state index in [-0.39, 0.29) is 0 Å². The third-order valence-electron chi connectivity index (χ3n) is 2.33. The van der Waals surface area contributed by atoms with Gasteiger partial charge in [0, 0.05) is 18.9 Å². The molecule has 0 spiro atoms. The van der Waals surface area contributed by atoms with E-state index >= 15 is 0 Å². The maximum atomic E-state index is 10.1. The number of hydrogen-bond acceptors (Lipinski definition) is 3. The van der Waals surface area contributed by atoms with E-state index in [9.17, 15) is 5.11 Å². The lowest BCUT2D eigenvalue weighted by atomic mass is 10.1. The van der Waals surface area contributed by atoms with Crippen LogP contribution >= 0.6 is 0 Å². The van der Waals surface area contributed by atoms with Crippen molar-refractivity contribution in [3.63, 3.8) is 0 Å². The molecule has 1 N–H and O–H groups in total. The second kappa shape index (κ2) is 3.82. The van der Waals surface area contributed by atoms with Crippen LogP contribution in [0.5, 0.6) is 0 Å².